The van der Waals surface area contributed by atoms with Crippen molar-refractivity contribution >= 4 is 16.6 Å². The Labute approximate surface area is 211 Å². The van der Waals surface area contributed by atoms with Crippen molar-refractivity contribution < 1.29 is 18.3 Å². The van der Waals surface area contributed by atoms with E-state index < -0.39 is 34.1 Å². The van der Waals surface area contributed by atoms with E-state index in [4.69, 9.17) is 24.9 Å². The van der Waals surface area contributed by atoms with Crippen molar-refractivity contribution in [2.45, 2.75) is 122 Å². The fourth-order valence-corrected chi connectivity index (χ4v) is 6.32. The highest BCUT2D eigenvalue weighted by atomic mass is 28.4. The standard InChI is InChI=1S/C27H49NO4Si2/c1-15-27(28-10)21(22-19-29-26(8,9)31-22)16-20(18-30-33(11,12)24(2,3)4)17-23(27)32-34(13,14)25(5,6)7/h15,17,21-23H,1,16,18-19H2,2-9,11-14H3/t21?,22-,23-,27-/m1/s1. The van der Waals surface area contributed by atoms with Gasteiger partial charge in [-0.1, -0.05) is 48.1 Å². The molecule has 0 aromatic carbocycles. The summed E-state index contributed by atoms with van der Waals surface area (Å²) in [5.41, 5.74) is 0.276. The molecule has 0 spiro atoms. The van der Waals surface area contributed by atoms with Crippen molar-refractivity contribution in [1.29, 1.82) is 0 Å². The molecule has 0 bridgehead atoms. The van der Waals surface area contributed by atoms with Crippen LogP contribution in [0.4, 0.5) is 0 Å². The summed E-state index contributed by atoms with van der Waals surface area (Å²) in [7, 11) is -4.10. The van der Waals surface area contributed by atoms with Gasteiger partial charge >= 0.3 is 0 Å². The van der Waals surface area contributed by atoms with Crippen LogP contribution in [0.25, 0.3) is 4.85 Å². The van der Waals surface area contributed by atoms with Crippen LogP contribution in [0.2, 0.25) is 36.3 Å². The predicted octanol–water partition coefficient (Wildman–Crippen LogP) is 7.34. The minimum Gasteiger partial charge on any atom is -0.413 e. The van der Waals surface area contributed by atoms with Gasteiger partial charge in [-0.05, 0) is 74.3 Å². The number of ether oxygens (including phenoxy) is 2. The number of hydrogen-bond donors (Lipinski definition) is 0. The summed E-state index contributed by atoms with van der Waals surface area (Å²) in [6, 6.07) is 0. The van der Waals surface area contributed by atoms with Crippen LogP contribution in [0, 0.1) is 12.5 Å². The molecule has 0 radical (unpaired) electrons. The maximum absolute atomic E-state index is 8.32. The van der Waals surface area contributed by atoms with Gasteiger partial charge in [-0.2, -0.15) is 0 Å². The molecule has 4 atom stereocenters. The van der Waals surface area contributed by atoms with Crippen molar-refractivity contribution in [2.24, 2.45) is 5.92 Å². The lowest BCUT2D eigenvalue weighted by Crippen LogP contribution is -2.57. The van der Waals surface area contributed by atoms with E-state index in [0.717, 1.165) is 0 Å². The molecular formula is C27H49NO4Si2. The summed E-state index contributed by atoms with van der Waals surface area (Å²) in [5.74, 6) is -0.781. The molecule has 7 heteroatoms. The van der Waals surface area contributed by atoms with Gasteiger partial charge in [0.15, 0.2) is 22.4 Å². The van der Waals surface area contributed by atoms with Crippen molar-refractivity contribution in [2.75, 3.05) is 13.2 Å². The van der Waals surface area contributed by atoms with E-state index in [1.807, 2.05) is 13.8 Å². The first-order chi connectivity index (χ1) is 15.2. The summed E-state index contributed by atoms with van der Waals surface area (Å²) < 4.78 is 25.8. The van der Waals surface area contributed by atoms with Gasteiger partial charge in [-0.3, -0.25) is 0 Å². The summed E-state index contributed by atoms with van der Waals surface area (Å²) in [5, 5.41) is 0.155. The van der Waals surface area contributed by atoms with Gasteiger partial charge in [-0.25, -0.2) is 6.57 Å². The van der Waals surface area contributed by atoms with E-state index in [-0.39, 0.29) is 22.1 Å². The van der Waals surface area contributed by atoms with Gasteiger partial charge in [0.25, 0.3) is 5.54 Å². The fraction of sp³-hybridized carbons (Fsp3) is 0.815. The quantitative estimate of drug-likeness (QED) is 0.205. The lowest BCUT2D eigenvalue weighted by molar-refractivity contribution is -0.147. The van der Waals surface area contributed by atoms with Crippen molar-refractivity contribution in [3.8, 4) is 0 Å². The topological polar surface area (TPSA) is 41.3 Å². The highest BCUT2D eigenvalue weighted by Crippen LogP contribution is 2.48. The first-order valence-corrected chi connectivity index (χ1v) is 18.4. The van der Waals surface area contributed by atoms with Gasteiger partial charge in [0.05, 0.1) is 25.2 Å². The molecule has 0 N–H and O–H groups in total. The monoisotopic (exact) mass is 507 g/mol. The molecular weight excluding hydrogens is 458 g/mol. The average molecular weight is 508 g/mol. The van der Waals surface area contributed by atoms with Crippen LogP contribution < -0.4 is 0 Å². The SMILES string of the molecule is [C-]#[N+][C@]1(C=C)C([C@H]2COC(C)(C)O2)CC(CO[Si](C)(C)C(C)(C)C)=C[C@H]1O[Si](C)(C)C(C)(C)C. The first-order valence-electron chi connectivity index (χ1n) is 12.6. The highest BCUT2D eigenvalue weighted by Gasteiger charge is 2.59. The van der Waals surface area contributed by atoms with Crippen LogP contribution in [0.1, 0.15) is 61.8 Å². The molecule has 1 aliphatic heterocycles. The molecule has 2 rings (SSSR count). The molecule has 34 heavy (non-hydrogen) atoms. The molecule has 1 unspecified atom stereocenters. The van der Waals surface area contributed by atoms with Crippen LogP contribution in [-0.4, -0.2) is 53.4 Å². The lowest BCUT2D eigenvalue weighted by atomic mass is 9.69. The van der Waals surface area contributed by atoms with Gasteiger partial charge in [0, 0.05) is 0 Å². The lowest BCUT2D eigenvalue weighted by Gasteiger charge is -2.45. The van der Waals surface area contributed by atoms with Crippen LogP contribution in [-0.2, 0) is 18.3 Å². The molecule has 1 heterocycles. The van der Waals surface area contributed by atoms with Gasteiger partial charge in [0.2, 0.25) is 0 Å². The van der Waals surface area contributed by atoms with Crippen LogP contribution in [0.5, 0.6) is 0 Å². The molecule has 0 aromatic heterocycles. The second kappa shape index (κ2) is 9.61. The van der Waals surface area contributed by atoms with Crippen LogP contribution in [0.3, 0.4) is 0 Å². The van der Waals surface area contributed by atoms with Crippen LogP contribution in [0.15, 0.2) is 24.3 Å². The van der Waals surface area contributed by atoms with Crippen molar-refractivity contribution in [3.05, 3.63) is 35.7 Å². The summed E-state index contributed by atoms with van der Waals surface area (Å²) in [6.45, 7) is 39.9. The maximum atomic E-state index is 8.32. The van der Waals surface area contributed by atoms with Crippen molar-refractivity contribution in [3.63, 3.8) is 0 Å². The number of rotatable bonds is 7. The fourth-order valence-electron chi connectivity index (χ4n) is 4.09. The number of nitrogens with zero attached hydrogens (tertiary/aromatic N) is 1. The molecule has 0 amide bonds. The Balaban J connectivity index is 2.51. The van der Waals surface area contributed by atoms with Gasteiger partial charge < -0.3 is 23.2 Å². The van der Waals surface area contributed by atoms with Gasteiger partial charge in [-0.15, -0.1) is 0 Å². The minimum absolute atomic E-state index is 0.0233. The van der Waals surface area contributed by atoms with E-state index in [2.05, 4.69) is 85.2 Å². The zero-order valence-corrected chi connectivity index (χ0v) is 25.8. The van der Waals surface area contributed by atoms with E-state index in [0.29, 0.717) is 19.6 Å². The Morgan fingerprint density at radius 2 is 1.68 bits per heavy atom. The molecule has 5 nitrogen and oxygen atoms in total. The molecule has 1 fully saturated rings. The summed E-state index contributed by atoms with van der Waals surface area (Å²) in [6.07, 6.45) is 4.09. The Morgan fingerprint density at radius 3 is 2.09 bits per heavy atom. The smallest absolute Gasteiger partial charge is 0.284 e. The highest BCUT2D eigenvalue weighted by molar-refractivity contribution is 6.74. The Hall–Kier alpha value is -0.756. The third-order valence-corrected chi connectivity index (χ3v) is 17.5. The van der Waals surface area contributed by atoms with Gasteiger partial charge in [0.1, 0.15) is 6.10 Å². The van der Waals surface area contributed by atoms with E-state index in [9.17, 15) is 0 Å². The minimum atomic E-state index is -2.17. The molecule has 194 valence electrons. The maximum Gasteiger partial charge on any atom is 0.284 e. The molecule has 1 aliphatic carbocycles. The molecule has 0 aromatic rings. The second-order valence-corrected chi connectivity index (χ2v) is 23.1. The summed E-state index contributed by atoms with van der Waals surface area (Å²) in [4.78, 5) is 4.22. The second-order valence-electron chi connectivity index (χ2n) is 13.6. The average Bonchev–Trinajstić information content (AvgIpc) is 3.03. The third kappa shape index (κ3) is 5.96. The molecule has 1 saturated heterocycles. The van der Waals surface area contributed by atoms with Crippen molar-refractivity contribution in [1.82, 2.24) is 0 Å². The predicted molar refractivity (Wildman–Crippen MR) is 146 cm³/mol. The van der Waals surface area contributed by atoms with E-state index in [1.165, 1.54) is 5.57 Å². The number of hydrogen-bond acceptors (Lipinski definition) is 4. The zero-order chi connectivity index (χ0) is 26.4. The Bertz CT molecular complexity index is 829. The zero-order valence-electron chi connectivity index (χ0n) is 23.8. The first kappa shape index (κ1) is 29.5. The molecule has 0 saturated carbocycles. The normalized spacial score (nSPS) is 30.6. The Morgan fingerprint density at radius 1 is 1.12 bits per heavy atom. The summed E-state index contributed by atoms with van der Waals surface area (Å²) >= 11 is 0. The Kier molecular flexibility index (Phi) is 8.33. The van der Waals surface area contributed by atoms with E-state index in [1.54, 1.807) is 6.08 Å². The molecule has 2 aliphatic rings. The van der Waals surface area contributed by atoms with Crippen LogP contribution >= 0.6 is 0 Å². The third-order valence-electron chi connectivity index (χ3n) is 8.57. The largest absolute Gasteiger partial charge is 0.413 e. The van der Waals surface area contributed by atoms with E-state index >= 15 is 0 Å².